The van der Waals surface area contributed by atoms with Gasteiger partial charge < -0.3 is 9.47 Å². The molecule has 6 nitrogen and oxygen atoms in total. The zero-order valence-electron chi connectivity index (χ0n) is 17.3. The maximum atomic E-state index is 13.9. The standard InChI is InChI=1S/C23H13F6N3O3/c24-21(25)34-22(26)31-20-18(14-7-4-8-16(11-14)35-23(27,28)29)32-12-15(9-10-17(32)30-20)19(33)13-5-2-1-3-6-13/h1-12,21H. The number of pyridine rings is 1. The van der Waals surface area contributed by atoms with E-state index in [-0.39, 0.29) is 28.3 Å². The highest BCUT2D eigenvalue weighted by Gasteiger charge is 2.31. The lowest BCUT2D eigenvalue weighted by Crippen LogP contribution is -2.17. The smallest absolute Gasteiger partial charge is 0.406 e. The minimum atomic E-state index is -4.98. The summed E-state index contributed by atoms with van der Waals surface area (Å²) in [4.78, 5) is 20.3. The third-order valence-corrected chi connectivity index (χ3v) is 4.62. The molecule has 0 spiro atoms. The third-order valence-electron chi connectivity index (χ3n) is 4.62. The van der Waals surface area contributed by atoms with Crippen molar-refractivity contribution in [3.8, 4) is 17.0 Å². The Balaban J connectivity index is 1.89. The summed E-state index contributed by atoms with van der Waals surface area (Å²) in [5.41, 5.74) is 0.569. The van der Waals surface area contributed by atoms with E-state index >= 15 is 0 Å². The van der Waals surface area contributed by atoms with Crippen LogP contribution < -0.4 is 4.74 Å². The number of nitrogens with zero attached hydrogens (tertiary/aromatic N) is 3. The second-order valence-corrected chi connectivity index (χ2v) is 6.94. The van der Waals surface area contributed by atoms with Gasteiger partial charge >= 0.3 is 19.1 Å². The summed E-state index contributed by atoms with van der Waals surface area (Å²) in [5.74, 6) is -1.45. The highest BCUT2D eigenvalue weighted by atomic mass is 19.4. The summed E-state index contributed by atoms with van der Waals surface area (Å²) in [6.07, 6.45) is -5.56. The maximum absolute atomic E-state index is 13.9. The van der Waals surface area contributed by atoms with E-state index in [1.807, 2.05) is 0 Å². The number of carbonyl (C=O) groups is 1. The van der Waals surface area contributed by atoms with Gasteiger partial charge in [-0.15, -0.1) is 17.6 Å². The lowest BCUT2D eigenvalue weighted by atomic mass is 10.1. The van der Waals surface area contributed by atoms with Gasteiger partial charge in [0.15, 0.2) is 11.6 Å². The van der Waals surface area contributed by atoms with Crippen LogP contribution in [0.4, 0.5) is 32.2 Å². The van der Waals surface area contributed by atoms with Gasteiger partial charge in [0, 0.05) is 22.9 Å². The summed E-state index contributed by atoms with van der Waals surface area (Å²) in [6, 6.07) is 15.7. The number of halogens is 6. The van der Waals surface area contributed by atoms with Crippen molar-refractivity contribution in [2.45, 2.75) is 13.0 Å². The molecule has 0 aliphatic carbocycles. The van der Waals surface area contributed by atoms with E-state index < -0.39 is 30.7 Å². The van der Waals surface area contributed by atoms with Gasteiger partial charge in [0.25, 0.3) is 0 Å². The molecular weight excluding hydrogens is 480 g/mol. The lowest BCUT2D eigenvalue weighted by molar-refractivity contribution is -0.274. The molecule has 35 heavy (non-hydrogen) atoms. The number of aliphatic imine (C=N–C) groups is 1. The molecule has 0 atom stereocenters. The van der Waals surface area contributed by atoms with Gasteiger partial charge in [-0.2, -0.15) is 13.8 Å². The average Bonchev–Trinajstić information content (AvgIpc) is 3.14. The molecule has 0 saturated carbocycles. The topological polar surface area (TPSA) is 65.2 Å². The van der Waals surface area contributed by atoms with Crippen LogP contribution in [0.25, 0.3) is 16.9 Å². The van der Waals surface area contributed by atoms with Crippen LogP contribution in [0.1, 0.15) is 15.9 Å². The molecule has 0 aliphatic rings. The second-order valence-electron chi connectivity index (χ2n) is 6.94. The monoisotopic (exact) mass is 493 g/mol. The fourth-order valence-corrected chi connectivity index (χ4v) is 3.29. The summed E-state index contributed by atoms with van der Waals surface area (Å²) in [7, 11) is 0. The molecule has 0 saturated heterocycles. The SMILES string of the molecule is O=C(c1ccccc1)c1ccc2nc(N=C(F)OC(F)F)c(-c3cccc(OC(F)(F)F)c3)n2c1. The van der Waals surface area contributed by atoms with Gasteiger partial charge in [-0.05, 0) is 24.3 Å². The van der Waals surface area contributed by atoms with Crippen LogP contribution in [0.15, 0.2) is 77.9 Å². The van der Waals surface area contributed by atoms with Crippen molar-refractivity contribution >= 4 is 23.4 Å². The average molecular weight is 493 g/mol. The van der Waals surface area contributed by atoms with E-state index in [2.05, 4.69) is 19.5 Å². The number of fused-ring (bicyclic) bond motifs is 1. The number of benzene rings is 2. The number of rotatable bonds is 6. The van der Waals surface area contributed by atoms with Crippen molar-refractivity contribution in [1.29, 1.82) is 0 Å². The van der Waals surface area contributed by atoms with Gasteiger partial charge in [0.2, 0.25) is 0 Å². The number of aromatic nitrogens is 2. The molecule has 0 aliphatic heterocycles. The molecule has 0 N–H and O–H groups in total. The zero-order chi connectivity index (χ0) is 25.2. The van der Waals surface area contributed by atoms with Crippen LogP contribution in [-0.4, -0.2) is 34.3 Å². The van der Waals surface area contributed by atoms with Crippen LogP contribution >= 0.6 is 0 Å². The Morgan fingerprint density at radius 1 is 0.971 bits per heavy atom. The number of carbonyl (C=O) groups excluding carboxylic acids is 1. The molecule has 2 heterocycles. The van der Waals surface area contributed by atoms with Gasteiger partial charge in [-0.1, -0.05) is 42.5 Å². The summed E-state index contributed by atoms with van der Waals surface area (Å²) in [5, 5.41) is 0. The zero-order valence-corrected chi connectivity index (χ0v) is 17.3. The Hall–Kier alpha value is -4.35. The molecule has 0 amide bonds. The van der Waals surface area contributed by atoms with Gasteiger partial charge in [0.1, 0.15) is 11.4 Å². The first-order valence-electron chi connectivity index (χ1n) is 9.78. The third kappa shape index (κ3) is 5.60. The first-order valence-corrected chi connectivity index (χ1v) is 9.78. The molecule has 4 aromatic rings. The van der Waals surface area contributed by atoms with E-state index in [0.717, 1.165) is 12.1 Å². The van der Waals surface area contributed by atoms with Gasteiger partial charge in [0.05, 0.1) is 5.69 Å². The molecule has 0 bridgehead atoms. The first-order chi connectivity index (χ1) is 16.6. The normalized spacial score (nSPS) is 12.3. The van der Waals surface area contributed by atoms with Gasteiger partial charge in [-0.3, -0.25) is 9.20 Å². The fourth-order valence-electron chi connectivity index (χ4n) is 3.29. The molecule has 0 fully saturated rings. The molecule has 180 valence electrons. The Kier molecular flexibility index (Phi) is 6.45. The molecule has 2 aromatic carbocycles. The number of hydrogen-bond donors (Lipinski definition) is 0. The number of alkyl halides is 5. The predicted molar refractivity (Wildman–Crippen MR) is 112 cm³/mol. The number of ketones is 1. The Bertz CT molecular complexity index is 1400. The van der Waals surface area contributed by atoms with Gasteiger partial charge in [-0.25, -0.2) is 4.98 Å². The number of imidazole rings is 1. The molecule has 0 radical (unpaired) electrons. The number of hydrogen-bond acceptors (Lipinski definition) is 5. The Labute approximate surface area is 193 Å². The van der Waals surface area contributed by atoms with Crippen molar-refractivity contribution in [1.82, 2.24) is 9.38 Å². The second kappa shape index (κ2) is 9.49. The Morgan fingerprint density at radius 3 is 2.40 bits per heavy atom. The molecular formula is C23H13F6N3O3. The van der Waals surface area contributed by atoms with Crippen molar-refractivity contribution in [2.75, 3.05) is 0 Å². The van der Waals surface area contributed by atoms with E-state index in [0.29, 0.717) is 5.56 Å². The largest absolute Gasteiger partial charge is 0.573 e. The van der Waals surface area contributed by atoms with E-state index in [4.69, 9.17) is 0 Å². The first kappa shape index (κ1) is 23.8. The van der Waals surface area contributed by atoms with Crippen LogP contribution in [0.5, 0.6) is 5.75 Å². The minimum Gasteiger partial charge on any atom is -0.406 e. The predicted octanol–water partition coefficient (Wildman–Crippen LogP) is 6.33. The van der Waals surface area contributed by atoms with E-state index in [1.54, 1.807) is 30.3 Å². The quantitative estimate of drug-likeness (QED) is 0.136. The lowest BCUT2D eigenvalue weighted by Gasteiger charge is -2.11. The van der Waals surface area contributed by atoms with Crippen molar-refractivity contribution in [3.05, 3.63) is 84.1 Å². The maximum Gasteiger partial charge on any atom is 0.573 e. The highest BCUT2D eigenvalue weighted by molar-refractivity contribution is 6.09. The fraction of sp³-hybridized carbons (Fsp3) is 0.0870. The summed E-state index contributed by atoms with van der Waals surface area (Å²) >= 11 is 0. The van der Waals surface area contributed by atoms with E-state index in [1.165, 1.54) is 34.9 Å². The van der Waals surface area contributed by atoms with Crippen molar-refractivity contribution in [3.63, 3.8) is 0 Å². The van der Waals surface area contributed by atoms with Crippen molar-refractivity contribution < 1.29 is 40.6 Å². The Morgan fingerprint density at radius 2 is 1.71 bits per heavy atom. The van der Waals surface area contributed by atoms with Crippen molar-refractivity contribution in [2.24, 2.45) is 4.99 Å². The van der Waals surface area contributed by atoms with E-state index in [9.17, 15) is 31.1 Å². The molecule has 12 heteroatoms. The molecule has 4 rings (SSSR count). The highest BCUT2D eigenvalue weighted by Crippen LogP contribution is 2.35. The molecule has 2 aromatic heterocycles. The summed E-state index contributed by atoms with van der Waals surface area (Å²) in [6.45, 7) is -3.50. The molecule has 0 unspecified atom stereocenters. The minimum absolute atomic E-state index is 0.0205. The van der Waals surface area contributed by atoms with Crippen LogP contribution in [0.2, 0.25) is 0 Å². The number of ether oxygens (including phenoxy) is 2. The van der Waals surface area contributed by atoms with Crippen LogP contribution in [-0.2, 0) is 4.74 Å². The van der Waals surface area contributed by atoms with Crippen LogP contribution in [0.3, 0.4) is 0 Å². The van der Waals surface area contributed by atoms with Crippen LogP contribution in [0, 0.1) is 0 Å². The summed E-state index contributed by atoms with van der Waals surface area (Å²) < 4.78 is 85.6.